The molecular formula is C22H17ClN2O3. The normalized spacial score (nSPS) is 20.0. The third-order valence-corrected chi connectivity index (χ3v) is 5.31. The first-order valence-corrected chi connectivity index (χ1v) is 9.27. The molecule has 5 rings (SSSR count). The summed E-state index contributed by atoms with van der Waals surface area (Å²) < 4.78 is 16.6. The van der Waals surface area contributed by atoms with Crippen LogP contribution < -0.4 is 15.2 Å². The highest BCUT2D eigenvalue weighted by atomic mass is 35.5. The monoisotopic (exact) mass is 392 g/mol. The van der Waals surface area contributed by atoms with E-state index < -0.39 is 5.54 Å². The molecule has 2 N–H and O–H groups in total. The number of amidine groups is 1. The van der Waals surface area contributed by atoms with Crippen LogP contribution in [0.4, 0.5) is 0 Å². The summed E-state index contributed by atoms with van der Waals surface area (Å²) in [5, 5.41) is 0.694. The third kappa shape index (κ3) is 2.75. The molecule has 28 heavy (non-hydrogen) atoms. The summed E-state index contributed by atoms with van der Waals surface area (Å²) in [5.41, 5.74) is 9.15. The predicted molar refractivity (Wildman–Crippen MR) is 108 cm³/mol. The minimum absolute atomic E-state index is 0.172. The summed E-state index contributed by atoms with van der Waals surface area (Å²) in [6.45, 7) is 0.537. The average Bonchev–Trinajstić information content (AvgIpc) is 3.34. The lowest BCUT2D eigenvalue weighted by Crippen LogP contribution is -2.27. The van der Waals surface area contributed by atoms with Gasteiger partial charge in [0.25, 0.3) is 6.02 Å². The highest BCUT2D eigenvalue weighted by molar-refractivity contribution is 6.30. The van der Waals surface area contributed by atoms with E-state index >= 15 is 0 Å². The molecule has 0 radical (unpaired) electrons. The maximum absolute atomic E-state index is 6.17. The van der Waals surface area contributed by atoms with Crippen molar-refractivity contribution in [2.75, 3.05) is 13.4 Å². The van der Waals surface area contributed by atoms with Gasteiger partial charge in [0.2, 0.25) is 6.79 Å². The zero-order valence-corrected chi connectivity index (χ0v) is 15.6. The van der Waals surface area contributed by atoms with Crippen LogP contribution in [0.5, 0.6) is 11.5 Å². The first-order chi connectivity index (χ1) is 13.6. The van der Waals surface area contributed by atoms with E-state index in [1.807, 2.05) is 60.7 Å². The van der Waals surface area contributed by atoms with Gasteiger partial charge in [0, 0.05) is 5.02 Å². The molecule has 1 atom stereocenters. The van der Waals surface area contributed by atoms with Crippen LogP contribution in [0, 0.1) is 0 Å². The molecule has 3 aromatic rings. The molecule has 3 aromatic carbocycles. The van der Waals surface area contributed by atoms with E-state index in [0.717, 1.165) is 28.0 Å². The lowest BCUT2D eigenvalue weighted by atomic mass is 9.83. The molecular weight excluding hydrogens is 376 g/mol. The van der Waals surface area contributed by atoms with Gasteiger partial charge in [0.1, 0.15) is 6.61 Å². The fraction of sp³-hybridized carbons (Fsp3) is 0.136. The second-order valence-electron chi connectivity index (χ2n) is 6.76. The number of halogens is 1. The molecule has 0 saturated carbocycles. The molecule has 0 fully saturated rings. The molecule has 2 aliphatic rings. The van der Waals surface area contributed by atoms with Crippen molar-refractivity contribution in [1.82, 2.24) is 0 Å². The average molecular weight is 393 g/mol. The summed E-state index contributed by atoms with van der Waals surface area (Å²) >= 11 is 6.17. The molecule has 0 amide bonds. The molecule has 0 aliphatic carbocycles. The summed E-state index contributed by atoms with van der Waals surface area (Å²) in [4.78, 5) is 4.69. The smallest absolute Gasteiger partial charge is 0.283 e. The zero-order valence-electron chi connectivity index (χ0n) is 14.9. The Hall–Kier alpha value is -3.18. The molecule has 0 spiro atoms. The number of hydrogen-bond donors (Lipinski definition) is 1. The highest BCUT2D eigenvalue weighted by Crippen LogP contribution is 2.43. The summed E-state index contributed by atoms with van der Waals surface area (Å²) in [6.07, 6.45) is 0. The van der Waals surface area contributed by atoms with Gasteiger partial charge in [0.15, 0.2) is 17.0 Å². The number of nitrogens with zero attached hydrogens (tertiary/aromatic N) is 1. The van der Waals surface area contributed by atoms with Gasteiger partial charge in [-0.05, 0) is 52.6 Å². The molecule has 5 nitrogen and oxygen atoms in total. The van der Waals surface area contributed by atoms with E-state index in [0.29, 0.717) is 17.4 Å². The van der Waals surface area contributed by atoms with Gasteiger partial charge < -0.3 is 19.9 Å². The lowest BCUT2D eigenvalue weighted by molar-refractivity contribution is 0.174. The van der Waals surface area contributed by atoms with Gasteiger partial charge >= 0.3 is 0 Å². The number of ether oxygens (including phenoxy) is 3. The zero-order chi connectivity index (χ0) is 19.1. The second kappa shape index (κ2) is 6.46. The van der Waals surface area contributed by atoms with Crippen LogP contribution in [0.15, 0.2) is 71.7 Å². The van der Waals surface area contributed by atoms with E-state index in [9.17, 15) is 0 Å². The molecule has 2 heterocycles. The quantitative estimate of drug-likeness (QED) is 0.720. The van der Waals surface area contributed by atoms with Crippen LogP contribution in [-0.2, 0) is 10.3 Å². The maximum Gasteiger partial charge on any atom is 0.283 e. The molecule has 6 heteroatoms. The first-order valence-electron chi connectivity index (χ1n) is 8.89. The fourth-order valence-corrected chi connectivity index (χ4v) is 3.86. The molecule has 0 saturated heterocycles. The van der Waals surface area contributed by atoms with Crippen molar-refractivity contribution in [3.63, 3.8) is 0 Å². The van der Waals surface area contributed by atoms with Crippen molar-refractivity contribution < 1.29 is 14.2 Å². The number of hydrogen-bond acceptors (Lipinski definition) is 5. The molecule has 2 aliphatic heterocycles. The van der Waals surface area contributed by atoms with E-state index in [-0.39, 0.29) is 12.8 Å². The van der Waals surface area contributed by atoms with Crippen LogP contribution in [0.25, 0.3) is 11.1 Å². The number of aliphatic imine (C=N–C) groups is 1. The fourth-order valence-electron chi connectivity index (χ4n) is 3.67. The SMILES string of the molecule is NC1=NC(c2cccc(-c3cccc(Cl)c3)c2)(c2ccc3c(c2)OCO3)CO1. The lowest BCUT2D eigenvalue weighted by Gasteiger charge is -2.26. The van der Waals surface area contributed by atoms with Crippen LogP contribution >= 0.6 is 11.6 Å². The Morgan fingerprint density at radius 2 is 1.57 bits per heavy atom. The Balaban J connectivity index is 1.65. The van der Waals surface area contributed by atoms with E-state index in [1.54, 1.807) is 0 Å². The minimum atomic E-state index is -0.750. The van der Waals surface area contributed by atoms with Crippen LogP contribution in [0.3, 0.4) is 0 Å². The van der Waals surface area contributed by atoms with Crippen molar-refractivity contribution in [2.45, 2.75) is 5.54 Å². The van der Waals surface area contributed by atoms with Crippen molar-refractivity contribution in [1.29, 1.82) is 0 Å². The number of nitrogens with two attached hydrogens (primary N) is 1. The van der Waals surface area contributed by atoms with E-state index in [2.05, 4.69) is 11.1 Å². The summed E-state index contributed by atoms with van der Waals surface area (Å²) in [7, 11) is 0. The van der Waals surface area contributed by atoms with Crippen LogP contribution in [0.2, 0.25) is 5.02 Å². The van der Waals surface area contributed by atoms with Gasteiger partial charge in [-0.15, -0.1) is 0 Å². The number of benzene rings is 3. The van der Waals surface area contributed by atoms with E-state index in [1.165, 1.54) is 0 Å². The van der Waals surface area contributed by atoms with Gasteiger partial charge in [-0.3, -0.25) is 0 Å². The second-order valence-corrected chi connectivity index (χ2v) is 7.19. The number of rotatable bonds is 3. The minimum Gasteiger partial charge on any atom is -0.462 e. The van der Waals surface area contributed by atoms with Gasteiger partial charge in [-0.25, -0.2) is 4.99 Å². The molecule has 1 unspecified atom stereocenters. The third-order valence-electron chi connectivity index (χ3n) is 5.08. The Morgan fingerprint density at radius 1 is 0.821 bits per heavy atom. The van der Waals surface area contributed by atoms with Gasteiger partial charge in [-0.2, -0.15) is 0 Å². The van der Waals surface area contributed by atoms with Crippen LogP contribution in [0.1, 0.15) is 11.1 Å². The van der Waals surface area contributed by atoms with Crippen LogP contribution in [-0.4, -0.2) is 19.4 Å². The molecule has 140 valence electrons. The summed E-state index contributed by atoms with van der Waals surface area (Å²) in [5.74, 6) is 1.42. The summed E-state index contributed by atoms with van der Waals surface area (Å²) in [6, 6.07) is 21.9. The van der Waals surface area contributed by atoms with Gasteiger partial charge in [-0.1, -0.05) is 48.0 Å². The van der Waals surface area contributed by atoms with Crippen molar-refractivity contribution in [3.05, 3.63) is 82.9 Å². The topological polar surface area (TPSA) is 66.1 Å². The van der Waals surface area contributed by atoms with Crippen molar-refractivity contribution in [2.24, 2.45) is 10.7 Å². The standard InChI is InChI=1S/C22H17ClN2O3/c23-18-6-2-4-15(10-18)14-3-1-5-16(9-14)22(12-26-21(24)25-22)17-7-8-19-20(11-17)28-13-27-19/h1-11H,12-13H2,(H2,24,25). The Labute approximate surface area is 167 Å². The largest absolute Gasteiger partial charge is 0.462 e. The van der Waals surface area contributed by atoms with Crippen molar-refractivity contribution >= 4 is 17.6 Å². The molecule has 0 bridgehead atoms. The Morgan fingerprint density at radius 3 is 2.36 bits per heavy atom. The highest BCUT2D eigenvalue weighted by Gasteiger charge is 2.41. The van der Waals surface area contributed by atoms with Gasteiger partial charge in [0.05, 0.1) is 0 Å². The van der Waals surface area contributed by atoms with Crippen molar-refractivity contribution in [3.8, 4) is 22.6 Å². The number of fused-ring (bicyclic) bond motifs is 1. The Kier molecular flexibility index (Phi) is 3.91. The maximum atomic E-state index is 6.17. The molecule has 0 aromatic heterocycles. The Bertz CT molecular complexity index is 1100. The first kappa shape index (κ1) is 17.0. The predicted octanol–water partition coefficient (Wildman–Crippen LogP) is 4.32. The van der Waals surface area contributed by atoms with E-state index in [4.69, 9.17) is 31.5 Å².